The van der Waals surface area contributed by atoms with Crippen LogP contribution in [0, 0.1) is 11.6 Å². The molecule has 0 aromatic heterocycles. The van der Waals surface area contributed by atoms with Crippen LogP contribution in [-0.2, 0) is 17.7 Å². The number of halogens is 3. The Morgan fingerprint density at radius 3 is 2.71 bits per heavy atom. The van der Waals surface area contributed by atoms with Crippen LogP contribution in [0.5, 0.6) is 0 Å². The van der Waals surface area contributed by atoms with E-state index in [9.17, 15) is 8.78 Å². The van der Waals surface area contributed by atoms with E-state index < -0.39 is 11.6 Å². The molecule has 5 nitrogen and oxygen atoms in total. The van der Waals surface area contributed by atoms with Crippen molar-refractivity contribution < 1.29 is 13.5 Å². The number of ether oxygens (including phenoxy) is 1. The monoisotopic (exact) mass is 542 g/mol. The van der Waals surface area contributed by atoms with Gasteiger partial charge in [0.05, 0.1) is 18.8 Å². The highest BCUT2D eigenvalue weighted by Gasteiger charge is 2.41. The lowest BCUT2D eigenvalue weighted by Gasteiger charge is -2.36. The minimum atomic E-state index is -0.809. The normalized spacial score (nSPS) is 21.5. The molecule has 2 aromatic rings. The molecule has 8 heteroatoms. The lowest BCUT2D eigenvalue weighted by Crippen LogP contribution is -2.50. The molecule has 0 amide bonds. The fourth-order valence-electron chi connectivity index (χ4n) is 4.33. The van der Waals surface area contributed by atoms with Crippen LogP contribution in [0.25, 0.3) is 0 Å². The molecule has 2 saturated heterocycles. The molecule has 2 fully saturated rings. The van der Waals surface area contributed by atoms with Crippen molar-refractivity contribution >= 4 is 29.9 Å². The number of nitrogens with one attached hydrogen (secondary N) is 1. The van der Waals surface area contributed by atoms with Gasteiger partial charge >= 0.3 is 0 Å². The second-order valence-corrected chi connectivity index (χ2v) is 7.77. The zero-order valence-electron chi connectivity index (χ0n) is 17.6. The number of likely N-dealkylation sites (tertiary alicyclic amines) is 1. The van der Waals surface area contributed by atoms with Gasteiger partial charge in [0, 0.05) is 39.8 Å². The number of hydrogen-bond acceptors (Lipinski definition) is 3. The number of aliphatic imine (C=N–C) groups is 1. The predicted octanol–water partition coefficient (Wildman–Crippen LogP) is 3.29. The zero-order valence-corrected chi connectivity index (χ0v) is 20.0. The first kappa shape index (κ1) is 23.9. The SMILES string of the molecule is CN=C(NCCc1cccc(F)c1F)N1CC2OCCN(Cc3ccccc3)C2C1.I. The Morgan fingerprint density at radius 1 is 1.13 bits per heavy atom. The summed E-state index contributed by atoms with van der Waals surface area (Å²) in [5, 5.41) is 3.29. The molecule has 2 aliphatic heterocycles. The van der Waals surface area contributed by atoms with Crippen molar-refractivity contribution in [3.8, 4) is 0 Å². The average Bonchev–Trinajstić information content (AvgIpc) is 3.20. The lowest BCUT2D eigenvalue weighted by atomic mass is 10.1. The van der Waals surface area contributed by atoms with Crippen molar-refractivity contribution in [3.63, 3.8) is 0 Å². The van der Waals surface area contributed by atoms with Crippen LogP contribution in [0.3, 0.4) is 0 Å². The number of nitrogens with zero attached hydrogens (tertiary/aromatic N) is 3. The van der Waals surface area contributed by atoms with E-state index in [2.05, 4.69) is 44.4 Å². The molecule has 2 aromatic carbocycles. The summed E-state index contributed by atoms with van der Waals surface area (Å²) in [7, 11) is 1.75. The first-order valence-corrected chi connectivity index (χ1v) is 10.4. The maximum atomic E-state index is 13.9. The predicted molar refractivity (Wildman–Crippen MR) is 129 cm³/mol. The highest BCUT2D eigenvalue weighted by atomic mass is 127. The molecule has 0 saturated carbocycles. The number of rotatable bonds is 5. The second kappa shape index (κ2) is 11.2. The third-order valence-electron chi connectivity index (χ3n) is 5.87. The number of fused-ring (bicyclic) bond motifs is 1. The Labute approximate surface area is 199 Å². The molecule has 0 aliphatic carbocycles. The zero-order chi connectivity index (χ0) is 20.9. The van der Waals surface area contributed by atoms with Crippen LogP contribution in [-0.4, -0.2) is 67.7 Å². The summed E-state index contributed by atoms with van der Waals surface area (Å²) in [5.74, 6) is -0.813. The highest BCUT2D eigenvalue weighted by Crippen LogP contribution is 2.24. The Morgan fingerprint density at radius 2 is 1.94 bits per heavy atom. The van der Waals surface area contributed by atoms with Gasteiger partial charge in [0.15, 0.2) is 17.6 Å². The molecule has 1 N–H and O–H groups in total. The van der Waals surface area contributed by atoms with Gasteiger partial charge in [-0.3, -0.25) is 9.89 Å². The van der Waals surface area contributed by atoms with E-state index >= 15 is 0 Å². The van der Waals surface area contributed by atoms with E-state index in [-0.39, 0.29) is 30.1 Å². The summed E-state index contributed by atoms with van der Waals surface area (Å²) in [4.78, 5) is 9.08. The van der Waals surface area contributed by atoms with Crippen LogP contribution in [0.15, 0.2) is 53.5 Å². The van der Waals surface area contributed by atoms with E-state index in [0.29, 0.717) is 24.6 Å². The van der Waals surface area contributed by atoms with Crippen molar-refractivity contribution in [3.05, 3.63) is 71.3 Å². The highest BCUT2D eigenvalue weighted by molar-refractivity contribution is 14.0. The van der Waals surface area contributed by atoms with E-state index in [1.807, 2.05) is 6.07 Å². The van der Waals surface area contributed by atoms with E-state index in [1.165, 1.54) is 11.6 Å². The number of morpholine rings is 1. The Balaban J connectivity index is 0.00000272. The molecule has 2 heterocycles. The van der Waals surface area contributed by atoms with Crippen LogP contribution in [0.2, 0.25) is 0 Å². The number of guanidine groups is 1. The first-order chi connectivity index (χ1) is 14.7. The average molecular weight is 542 g/mol. The standard InChI is InChI=1S/C23H28F2N4O.HI/c1-26-23(27-11-10-18-8-5-9-19(24)22(18)25)29-15-20-21(16-29)30-13-12-28(20)14-17-6-3-2-4-7-17;/h2-9,20-21H,10-16H2,1H3,(H,26,27);1H. The van der Waals surface area contributed by atoms with Crippen LogP contribution >= 0.6 is 24.0 Å². The third-order valence-corrected chi connectivity index (χ3v) is 5.87. The van der Waals surface area contributed by atoms with Crippen LogP contribution in [0.1, 0.15) is 11.1 Å². The maximum Gasteiger partial charge on any atom is 0.193 e. The molecular weight excluding hydrogens is 513 g/mol. The van der Waals surface area contributed by atoms with Gasteiger partial charge in [-0.1, -0.05) is 42.5 Å². The molecule has 0 radical (unpaired) electrons. The largest absolute Gasteiger partial charge is 0.373 e. The summed E-state index contributed by atoms with van der Waals surface area (Å²) in [6.45, 7) is 4.62. The van der Waals surface area contributed by atoms with Crippen molar-refractivity contribution in [1.29, 1.82) is 0 Å². The molecule has 2 aliphatic rings. The lowest BCUT2D eigenvalue weighted by molar-refractivity contribution is -0.0502. The van der Waals surface area contributed by atoms with Gasteiger partial charge in [-0.15, -0.1) is 24.0 Å². The van der Waals surface area contributed by atoms with Crippen molar-refractivity contribution in [2.24, 2.45) is 4.99 Å². The summed E-state index contributed by atoms with van der Waals surface area (Å²) >= 11 is 0. The first-order valence-electron chi connectivity index (χ1n) is 10.4. The minimum Gasteiger partial charge on any atom is -0.373 e. The van der Waals surface area contributed by atoms with Crippen LogP contribution < -0.4 is 5.32 Å². The van der Waals surface area contributed by atoms with E-state index in [0.717, 1.165) is 44.8 Å². The quantitative estimate of drug-likeness (QED) is 0.358. The van der Waals surface area contributed by atoms with E-state index in [4.69, 9.17) is 4.74 Å². The van der Waals surface area contributed by atoms with Gasteiger partial charge in [0.2, 0.25) is 0 Å². The Hall–Kier alpha value is -1.78. The van der Waals surface area contributed by atoms with Crippen molar-refractivity contribution in [1.82, 2.24) is 15.1 Å². The Kier molecular flexibility index (Phi) is 8.62. The van der Waals surface area contributed by atoms with Gasteiger partial charge in [-0.05, 0) is 23.6 Å². The summed E-state index contributed by atoms with van der Waals surface area (Å²) in [6, 6.07) is 15.1. The smallest absolute Gasteiger partial charge is 0.193 e. The maximum absolute atomic E-state index is 13.9. The number of benzene rings is 2. The molecule has 2 unspecified atom stereocenters. The molecule has 168 valence electrons. The topological polar surface area (TPSA) is 40.1 Å². The number of hydrogen-bond donors (Lipinski definition) is 1. The second-order valence-electron chi connectivity index (χ2n) is 7.77. The van der Waals surface area contributed by atoms with Gasteiger partial charge in [0.1, 0.15) is 0 Å². The fraction of sp³-hybridized carbons (Fsp3) is 0.435. The van der Waals surface area contributed by atoms with Crippen molar-refractivity contribution in [2.45, 2.75) is 25.1 Å². The van der Waals surface area contributed by atoms with E-state index in [1.54, 1.807) is 13.1 Å². The molecule has 2 atom stereocenters. The molecule has 31 heavy (non-hydrogen) atoms. The van der Waals surface area contributed by atoms with Gasteiger partial charge < -0.3 is 15.0 Å². The summed E-state index contributed by atoms with van der Waals surface area (Å²) < 4.78 is 33.3. The molecule has 0 bridgehead atoms. The van der Waals surface area contributed by atoms with Crippen LogP contribution in [0.4, 0.5) is 8.78 Å². The Bertz CT molecular complexity index is 883. The summed E-state index contributed by atoms with van der Waals surface area (Å²) in [6.07, 6.45) is 0.529. The van der Waals surface area contributed by atoms with Gasteiger partial charge in [0.25, 0.3) is 0 Å². The minimum absolute atomic E-state index is 0. The molecule has 4 rings (SSSR count). The van der Waals surface area contributed by atoms with Gasteiger partial charge in [-0.25, -0.2) is 8.78 Å². The molecule has 0 spiro atoms. The van der Waals surface area contributed by atoms with Crippen molar-refractivity contribution in [2.75, 3.05) is 39.8 Å². The summed E-state index contributed by atoms with van der Waals surface area (Å²) in [5.41, 5.74) is 1.67. The fourth-order valence-corrected chi connectivity index (χ4v) is 4.33. The third kappa shape index (κ3) is 5.72. The van der Waals surface area contributed by atoms with Gasteiger partial charge in [-0.2, -0.15) is 0 Å². The molecular formula is C23H29F2IN4O.